The lowest BCUT2D eigenvalue weighted by atomic mass is 10.0. The van der Waals surface area contributed by atoms with E-state index < -0.39 is 0 Å². The van der Waals surface area contributed by atoms with Crippen molar-refractivity contribution in [1.82, 2.24) is 9.38 Å². The number of aryl methyl sites for hydroxylation is 1. The van der Waals surface area contributed by atoms with Crippen molar-refractivity contribution < 1.29 is 0 Å². The number of thiazole rings is 1. The third kappa shape index (κ3) is 2.13. The third-order valence-corrected chi connectivity index (χ3v) is 4.94. The minimum Gasteiger partial charge on any atom is -0.351 e. The van der Waals surface area contributed by atoms with E-state index in [-0.39, 0.29) is 0 Å². The van der Waals surface area contributed by atoms with Crippen LogP contribution in [0.25, 0.3) is 4.96 Å². The lowest BCUT2D eigenvalue weighted by molar-refractivity contribution is 0.749. The van der Waals surface area contributed by atoms with Crippen molar-refractivity contribution in [2.45, 2.75) is 25.9 Å². The van der Waals surface area contributed by atoms with Gasteiger partial charge in [-0.05, 0) is 24.0 Å². The zero-order valence-corrected chi connectivity index (χ0v) is 12.6. The lowest BCUT2D eigenvalue weighted by Gasteiger charge is -2.22. The summed E-state index contributed by atoms with van der Waals surface area (Å²) in [6.07, 6.45) is 4.36. The zero-order chi connectivity index (χ0) is 14.2. The van der Waals surface area contributed by atoms with Crippen molar-refractivity contribution in [3.05, 3.63) is 52.7 Å². The Morgan fingerprint density at radius 3 is 2.95 bits per heavy atom. The first-order valence-corrected chi connectivity index (χ1v) is 8.21. The van der Waals surface area contributed by atoms with Crippen LogP contribution in [-0.2, 0) is 19.5 Å². The van der Waals surface area contributed by atoms with Crippen LogP contribution in [0.4, 0.5) is 5.82 Å². The number of nitrogens with two attached hydrogens (primary N) is 1. The van der Waals surface area contributed by atoms with Gasteiger partial charge in [0.15, 0.2) is 10.8 Å². The molecule has 0 amide bonds. The number of benzene rings is 1. The van der Waals surface area contributed by atoms with Crippen molar-refractivity contribution >= 4 is 22.1 Å². The number of rotatable bonds is 2. The first-order valence-electron chi connectivity index (χ1n) is 7.33. The van der Waals surface area contributed by atoms with Crippen molar-refractivity contribution in [2.24, 2.45) is 5.73 Å². The van der Waals surface area contributed by atoms with E-state index in [4.69, 9.17) is 10.7 Å². The SMILES string of the molecule is NCc1c(N2CCCc3ccccc3C2)nc2sccn12. The van der Waals surface area contributed by atoms with Gasteiger partial charge in [0.2, 0.25) is 0 Å². The molecular weight excluding hydrogens is 280 g/mol. The average molecular weight is 298 g/mol. The maximum absolute atomic E-state index is 5.98. The van der Waals surface area contributed by atoms with E-state index in [2.05, 4.69) is 45.1 Å². The molecule has 0 saturated carbocycles. The number of anilines is 1. The molecule has 2 aromatic heterocycles. The molecule has 0 fully saturated rings. The third-order valence-electron chi connectivity index (χ3n) is 4.19. The molecule has 0 unspecified atom stereocenters. The minimum atomic E-state index is 0.519. The van der Waals surface area contributed by atoms with Crippen LogP contribution in [0.1, 0.15) is 23.2 Å². The minimum absolute atomic E-state index is 0.519. The quantitative estimate of drug-likeness (QED) is 0.791. The Bertz CT molecular complexity index is 774. The highest BCUT2D eigenvalue weighted by Crippen LogP contribution is 2.28. The summed E-state index contributed by atoms with van der Waals surface area (Å²) >= 11 is 1.66. The topological polar surface area (TPSA) is 46.6 Å². The molecule has 0 spiro atoms. The fourth-order valence-electron chi connectivity index (χ4n) is 3.15. The summed E-state index contributed by atoms with van der Waals surface area (Å²) in [4.78, 5) is 8.22. The van der Waals surface area contributed by atoms with Gasteiger partial charge >= 0.3 is 0 Å². The van der Waals surface area contributed by atoms with E-state index in [1.807, 2.05) is 0 Å². The van der Waals surface area contributed by atoms with Gasteiger partial charge in [0, 0.05) is 31.2 Å². The maximum atomic E-state index is 5.98. The molecule has 0 radical (unpaired) electrons. The van der Waals surface area contributed by atoms with Gasteiger partial charge in [0.1, 0.15) is 0 Å². The molecule has 0 atom stereocenters. The number of hydrogen-bond acceptors (Lipinski definition) is 4. The van der Waals surface area contributed by atoms with Crippen molar-refractivity contribution in [3.8, 4) is 0 Å². The molecule has 21 heavy (non-hydrogen) atoms. The molecular formula is C16H18N4S. The molecule has 3 heterocycles. The number of hydrogen-bond donors (Lipinski definition) is 1. The molecule has 0 bridgehead atoms. The Kier molecular flexibility index (Phi) is 3.16. The van der Waals surface area contributed by atoms with Gasteiger partial charge in [-0.15, -0.1) is 11.3 Å². The number of imidazole rings is 1. The molecule has 3 aromatic rings. The second kappa shape index (κ2) is 5.16. The van der Waals surface area contributed by atoms with Crippen LogP contribution in [0.15, 0.2) is 35.8 Å². The normalized spacial score (nSPS) is 15.2. The Morgan fingerprint density at radius 2 is 2.10 bits per heavy atom. The molecule has 2 N–H and O–H groups in total. The number of fused-ring (bicyclic) bond motifs is 2. The smallest absolute Gasteiger partial charge is 0.195 e. The molecule has 108 valence electrons. The molecule has 1 aromatic carbocycles. The van der Waals surface area contributed by atoms with Gasteiger partial charge in [-0.1, -0.05) is 24.3 Å². The second-order valence-electron chi connectivity index (χ2n) is 5.44. The van der Waals surface area contributed by atoms with Crippen LogP contribution in [0.5, 0.6) is 0 Å². The summed E-state index contributed by atoms with van der Waals surface area (Å²) in [5.74, 6) is 1.06. The standard InChI is InChI=1S/C16H18N4S/c17-10-14-15(18-16-20(14)8-9-21-16)19-7-3-6-12-4-1-2-5-13(12)11-19/h1-2,4-5,8-9H,3,6-7,10-11,17H2. The molecule has 4 nitrogen and oxygen atoms in total. The Labute approximate surface area is 127 Å². The van der Waals surface area contributed by atoms with Gasteiger partial charge < -0.3 is 10.6 Å². The highest BCUT2D eigenvalue weighted by atomic mass is 32.1. The van der Waals surface area contributed by atoms with Crippen LogP contribution in [-0.4, -0.2) is 15.9 Å². The van der Waals surface area contributed by atoms with Gasteiger partial charge in [-0.3, -0.25) is 4.40 Å². The highest BCUT2D eigenvalue weighted by Gasteiger charge is 2.21. The van der Waals surface area contributed by atoms with Crippen LogP contribution >= 0.6 is 11.3 Å². The molecule has 0 saturated heterocycles. The number of aromatic nitrogens is 2. The van der Waals surface area contributed by atoms with Crippen LogP contribution in [0.3, 0.4) is 0 Å². The largest absolute Gasteiger partial charge is 0.351 e. The highest BCUT2D eigenvalue weighted by molar-refractivity contribution is 7.15. The second-order valence-corrected chi connectivity index (χ2v) is 6.31. The van der Waals surface area contributed by atoms with Crippen LogP contribution < -0.4 is 10.6 Å². The van der Waals surface area contributed by atoms with Gasteiger partial charge in [-0.2, -0.15) is 0 Å². The summed E-state index contributed by atoms with van der Waals surface area (Å²) in [7, 11) is 0. The van der Waals surface area contributed by atoms with Gasteiger partial charge in [0.25, 0.3) is 0 Å². The van der Waals surface area contributed by atoms with E-state index in [9.17, 15) is 0 Å². The van der Waals surface area contributed by atoms with Crippen molar-refractivity contribution in [3.63, 3.8) is 0 Å². The van der Waals surface area contributed by atoms with Gasteiger partial charge in [-0.25, -0.2) is 4.98 Å². The average Bonchev–Trinajstić information content (AvgIpc) is 3.01. The summed E-state index contributed by atoms with van der Waals surface area (Å²) in [6, 6.07) is 8.73. The van der Waals surface area contributed by atoms with E-state index in [0.717, 1.165) is 42.4 Å². The first kappa shape index (κ1) is 12.9. The lowest BCUT2D eigenvalue weighted by Crippen LogP contribution is -2.24. The number of nitrogens with zero attached hydrogens (tertiary/aromatic N) is 3. The Morgan fingerprint density at radius 1 is 1.24 bits per heavy atom. The maximum Gasteiger partial charge on any atom is 0.195 e. The van der Waals surface area contributed by atoms with Crippen molar-refractivity contribution in [1.29, 1.82) is 0 Å². The predicted octanol–water partition coefficient (Wildman–Crippen LogP) is 2.81. The molecule has 5 heteroatoms. The molecule has 1 aliphatic rings. The van der Waals surface area contributed by atoms with E-state index >= 15 is 0 Å². The summed E-state index contributed by atoms with van der Waals surface area (Å²) in [6.45, 7) is 2.48. The Hall–Kier alpha value is -1.85. The monoisotopic (exact) mass is 298 g/mol. The molecule has 1 aliphatic heterocycles. The van der Waals surface area contributed by atoms with Crippen molar-refractivity contribution in [2.75, 3.05) is 11.4 Å². The first-order chi connectivity index (χ1) is 10.4. The van der Waals surface area contributed by atoms with Gasteiger partial charge in [0.05, 0.1) is 5.69 Å². The van der Waals surface area contributed by atoms with E-state index in [0.29, 0.717) is 6.54 Å². The molecule has 4 rings (SSSR count). The summed E-state index contributed by atoms with van der Waals surface area (Å²) < 4.78 is 2.12. The van der Waals surface area contributed by atoms with E-state index in [1.165, 1.54) is 11.1 Å². The van der Waals surface area contributed by atoms with Crippen LogP contribution in [0.2, 0.25) is 0 Å². The van der Waals surface area contributed by atoms with Crippen LogP contribution in [0, 0.1) is 0 Å². The fraction of sp³-hybridized carbons (Fsp3) is 0.312. The zero-order valence-electron chi connectivity index (χ0n) is 11.8. The summed E-state index contributed by atoms with van der Waals surface area (Å²) in [5.41, 5.74) is 9.97. The predicted molar refractivity (Wildman–Crippen MR) is 86.8 cm³/mol. The molecule has 0 aliphatic carbocycles. The fourth-order valence-corrected chi connectivity index (χ4v) is 3.87. The Balaban J connectivity index is 1.76. The summed E-state index contributed by atoms with van der Waals surface area (Å²) in [5, 5.41) is 2.06. The van der Waals surface area contributed by atoms with E-state index in [1.54, 1.807) is 11.3 Å².